The van der Waals surface area contributed by atoms with Crippen LogP contribution in [0.25, 0.3) is 0 Å². The minimum Gasteiger partial charge on any atom is -0.486 e. The summed E-state index contributed by atoms with van der Waals surface area (Å²) in [6.07, 6.45) is 3.50. The van der Waals surface area contributed by atoms with E-state index in [0.29, 0.717) is 13.2 Å². The second-order valence-electron chi connectivity index (χ2n) is 3.17. The van der Waals surface area contributed by atoms with Crippen molar-refractivity contribution < 1.29 is 9.47 Å². The summed E-state index contributed by atoms with van der Waals surface area (Å²) in [6.45, 7) is 1.33. The molecule has 1 aliphatic heterocycles. The molecule has 0 saturated carbocycles. The fourth-order valence-corrected chi connectivity index (χ4v) is 1.30. The molecule has 2 heterocycles. The predicted molar refractivity (Wildman–Crippen MR) is 61.7 cm³/mol. The number of nitrogens with zero attached hydrogens (tertiary/aromatic N) is 1. The van der Waals surface area contributed by atoms with Gasteiger partial charge in [0, 0.05) is 12.4 Å². The van der Waals surface area contributed by atoms with Gasteiger partial charge in [0.2, 0.25) is 0 Å². The average Bonchev–Trinajstić information content (AvgIpc) is 2.42. The molecule has 82 valence electrons. The summed E-state index contributed by atoms with van der Waals surface area (Å²) < 4.78 is 10.6. The van der Waals surface area contributed by atoms with Crippen LogP contribution in [-0.2, 0) is 0 Å². The van der Waals surface area contributed by atoms with E-state index in [2.05, 4.69) is 4.98 Å². The molecule has 2 aromatic rings. The highest BCUT2D eigenvalue weighted by molar-refractivity contribution is 5.40. The van der Waals surface area contributed by atoms with E-state index in [0.717, 1.165) is 11.5 Å². The van der Waals surface area contributed by atoms with Crippen molar-refractivity contribution in [1.82, 2.24) is 4.98 Å². The zero-order valence-electron chi connectivity index (χ0n) is 8.87. The Bertz CT molecular complexity index is 366. The molecule has 0 spiro atoms. The van der Waals surface area contributed by atoms with Gasteiger partial charge in [0.15, 0.2) is 11.5 Å². The third kappa shape index (κ3) is 2.98. The highest BCUT2D eigenvalue weighted by Gasteiger charge is 2.07. The van der Waals surface area contributed by atoms with Gasteiger partial charge in [-0.3, -0.25) is 4.98 Å². The Kier molecular flexibility index (Phi) is 3.77. The van der Waals surface area contributed by atoms with Gasteiger partial charge < -0.3 is 9.47 Å². The van der Waals surface area contributed by atoms with Crippen molar-refractivity contribution in [3.63, 3.8) is 0 Å². The Morgan fingerprint density at radius 3 is 1.69 bits per heavy atom. The molecular formula is C13H13NO2. The lowest BCUT2D eigenvalue weighted by atomic mass is 10.3. The summed E-state index contributed by atoms with van der Waals surface area (Å²) in [5, 5.41) is 0. The van der Waals surface area contributed by atoms with Crippen LogP contribution in [0.2, 0.25) is 0 Å². The maximum atomic E-state index is 5.30. The molecular weight excluding hydrogens is 202 g/mol. The second kappa shape index (κ2) is 5.75. The van der Waals surface area contributed by atoms with Gasteiger partial charge in [-0.2, -0.15) is 0 Å². The Labute approximate surface area is 94.7 Å². The fraction of sp³-hybridized carbons (Fsp3) is 0.154. The second-order valence-corrected chi connectivity index (χ2v) is 3.17. The van der Waals surface area contributed by atoms with Gasteiger partial charge in [0.25, 0.3) is 0 Å². The van der Waals surface area contributed by atoms with Gasteiger partial charge in [0.05, 0.1) is 0 Å². The maximum absolute atomic E-state index is 5.30. The standard InChI is InChI=1S/C8H8O2.C5H5N/c1-2-4-8-7(3-1)9-5-6-10-8;1-2-4-6-5-3-1/h1-4H,5-6H2;1-5H. The predicted octanol–water partition coefficient (Wildman–Crippen LogP) is 2.54. The molecule has 0 atom stereocenters. The summed E-state index contributed by atoms with van der Waals surface area (Å²) in [7, 11) is 0. The Morgan fingerprint density at radius 2 is 1.31 bits per heavy atom. The first-order valence-electron chi connectivity index (χ1n) is 5.16. The van der Waals surface area contributed by atoms with Crippen LogP contribution in [0.15, 0.2) is 54.9 Å². The lowest BCUT2D eigenvalue weighted by Crippen LogP contribution is -2.14. The van der Waals surface area contributed by atoms with Gasteiger partial charge in [0.1, 0.15) is 13.2 Å². The molecule has 1 aliphatic rings. The molecule has 3 heteroatoms. The third-order valence-electron chi connectivity index (χ3n) is 2.01. The molecule has 0 bridgehead atoms. The topological polar surface area (TPSA) is 31.4 Å². The number of ether oxygens (including phenoxy) is 2. The van der Waals surface area contributed by atoms with E-state index in [9.17, 15) is 0 Å². The van der Waals surface area contributed by atoms with Crippen LogP contribution < -0.4 is 9.47 Å². The van der Waals surface area contributed by atoms with Crippen LogP contribution in [0.5, 0.6) is 11.5 Å². The van der Waals surface area contributed by atoms with Crippen LogP contribution in [0.1, 0.15) is 0 Å². The van der Waals surface area contributed by atoms with Crippen molar-refractivity contribution in [2.75, 3.05) is 13.2 Å². The molecule has 3 nitrogen and oxygen atoms in total. The summed E-state index contributed by atoms with van der Waals surface area (Å²) in [6, 6.07) is 13.4. The van der Waals surface area contributed by atoms with E-state index in [4.69, 9.17) is 9.47 Å². The first-order valence-corrected chi connectivity index (χ1v) is 5.16. The number of hydrogen-bond acceptors (Lipinski definition) is 3. The van der Waals surface area contributed by atoms with Crippen LogP contribution >= 0.6 is 0 Å². The fourth-order valence-electron chi connectivity index (χ4n) is 1.30. The highest BCUT2D eigenvalue weighted by Crippen LogP contribution is 2.28. The molecule has 1 aromatic carbocycles. The molecule has 0 unspecified atom stereocenters. The molecule has 0 saturated heterocycles. The molecule has 0 amide bonds. The molecule has 3 rings (SSSR count). The van der Waals surface area contributed by atoms with Crippen LogP contribution in [0.4, 0.5) is 0 Å². The minimum atomic E-state index is 0.664. The molecule has 0 N–H and O–H groups in total. The zero-order valence-corrected chi connectivity index (χ0v) is 8.87. The van der Waals surface area contributed by atoms with Gasteiger partial charge in [-0.05, 0) is 24.3 Å². The number of pyridine rings is 1. The lowest BCUT2D eigenvalue weighted by Gasteiger charge is -2.17. The van der Waals surface area contributed by atoms with E-state index < -0.39 is 0 Å². The largest absolute Gasteiger partial charge is 0.486 e. The van der Waals surface area contributed by atoms with Gasteiger partial charge in [-0.25, -0.2) is 0 Å². The van der Waals surface area contributed by atoms with Crippen molar-refractivity contribution in [2.45, 2.75) is 0 Å². The maximum Gasteiger partial charge on any atom is 0.161 e. The van der Waals surface area contributed by atoms with Gasteiger partial charge in [-0.1, -0.05) is 18.2 Å². The van der Waals surface area contributed by atoms with E-state index in [-0.39, 0.29) is 0 Å². The Balaban J connectivity index is 0.000000138. The van der Waals surface area contributed by atoms with Crippen molar-refractivity contribution in [2.24, 2.45) is 0 Å². The summed E-state index contributed by atoms with van der Waals surface area (Å²) in [4.78, 5) is 3.78. The molecule has 16 heavy (non-hydrogen) atoms. The SMILES string of the molecule is c1ccc2c(c1)OCCO2.c1ccncc1. The summed E-state index contributed by atoms with van der Waals surface area (Å²) in [5.41, 5.74) is 0. The first-order chi connectivity index (χ1) is 7.97. The monoisotopic (exact) mass is 215 g/mol. The number of aromatic nitrogens is 1. The Hall–Kier alpha value is -2.03. The number of benzene rings is 1. The van der Waals surface area contributed by atoms with E-state index in [1.807, 2.05) is 42.5 Å². The van der Waals surface area contributed by atoms with Crippen molar-refractivity contribution in [3.05, 3.63) is 54.9 Å². The van der Waals surface area contributed by atoms with Crippen molar-refractivity contribution in [3.8, 4) is 11.5 Å². The van der Waals surface area contributed by atoms with Gasteiger partial charge >= 0.3 is 0 Å². The first kappa shape index (κ1) is 10.5. The quantitative estimate of drug-likeness (QED) is 0.676. The number of para-hydroxylation sites is 2. The van der Waals surface area contributed by atoms with Crippen molar-refractivity contribution >= 4 is 0 Å². The highest BCUT2D eigenvalue weighted by atomic mass is 16.6. The summed E-state index contributed by atoms with van der Waals surface area (Å²) >= 11 is 0. The number of rotatable bonds is 0. The number of hydrogen-bond donors (Lipinski definition) is 0. The number of fused-ring (bicyclic) bond motifs is 1. The zero-order chi connectivity index (χ0) is 11.1. The molecule has 0 radical (unpaired) electrons. The lowest BCUT2D eigenvalue weighted by molar-refractivity contribution is 0.171. The van der Waals surface area contributed by atoms with Gasteiger partial charge in [-0.15, -0.1) is 0 Å². The van der Waals surface area contributed by atoms with Crippen LogP contribution in [0.3, 0.4) is 0 Å². The van der Waals surface area contributed by atoms with E-state index >= 15 is 0 Å². The molecule has 0 aliphatic carbocycles. The Morgan fingerprint density at radius 1 is 0.750 bits per heavy atom. The van der Waals surface area contributed by atoms with Crippen LogP contribution in [-0.4, -0.2) is 18.2 Å². The van der Waals surface area contributed by atoms with Crippen LogP contribution in [0, 0.1) is 0 Å². The minimum absolute atomic E-state index is 0.664. The smallest absolute Gasteiger partial charge is 0.161 e. The normalized spacial score (nSPS) is 12.2. The third-order valence-corrected chi connectivity index (χ3v) is 2.01. The van der Waals surface area contributed by atoms with E-state index in [1.54, 1.807) is 12.4 Å². The molecule has 0 fully saturated rings. The van der Waals surface area contributed by atoms with Crippen molar-refractivity contribution in [1.29, 1.82) is 0 Å². The average molecular weight is 215 g/mol. The summed E-state index contributed by atoms with van der Waals surface area (Å²) in [5.74, 6) is 1.71. The van der Waals surface area contributed by atoms with E-state index in [1.165, 1.54) is 0 Å². The molecule has 1 aromatic heterocycles.